The fourth-order valence-corrected chi connectivity index (χ4v) is 1.82. The van der Waals surface area contributed by atoms with Gasteiger partial charge in [-0.3, -0.25) is 9.59 Å². The quantitative estimate of drug-likeness (QED) is 0.802. The summed E-state index contributed by atoms with van der Waals surface area (Å²) in [5.41, 5.74) is 1.02. The second-order valence-electron chi connectivity index (χ2n) is 4.07. The average molecular weight is 314 g/mol. The molecule has 0 N–H and O–H groups in total. The Morgan fingerprint density at radius 1 is 1.33 bits per heavy atom. The molecular formula is C13H16BrNO3. The monoisotopic (exact) mass is 313 g/mol. The first-order chi connectivity index (χ1) is 8.40. The van der Waals surface area contributed by atoms with E-state index in [0.29, 0.717) is 6.54 Å². The Morgan fingerprint density at radius 2 is 1.89 bits per heavy atom. The van der Waals surface area contributed by atoms with E-state index in [1.165, 1.54) is 11.8 Å². The number of likely N-dealkylation sites (N-methyl/N-ethyl adjacent to an activating group) is 1. The standard InChI is InChI=1S/C13H16BrNO3/c1-9(18-10(2)16)13(17)15(3)8-11-4-6-12(14)7-5-11/h4-7,9H,8H2,1-3H3. The molecule has 1 aromatic carbocycles. The molecule has 5 heteroatoms. The Morgan fingerprint density at radius 3 is 2.39 bits per heavy atom. The highest BCUT2D eigenvalue weighted by atomic mass is 79.9. The summed E-state index contributed by atoms with van der Waals surface area (Å²) >= 11 is 3.35. The zero-order chi connectivity index (χ0) is 13.7. The maximum Gasteiger partial charge on any atom is 0.303 e. The summed E-state index contributed by atoms with van der Waals surface area (Å²) in [5.74, 6) is -0.666. The highest BCUT2D eigenvalue weighted by molar-refractivity contribution is 9.10. The van der Waals surface area contributed by atoms with Gasteiger partial charge in [0.25, 0.3) is 5.91 Å². The maximum atomic E-state index is 11.9. The minimum absolute atomic E-state index is 0.215. The van der Waals surface area contributed by atoms with Gasteiger partial charge in [-0.2, -0.15) is 0 Å². The molecule has 18 heavy (non-hydrogen) atoms. The van der Waals surface area contributed by atoms with Crippen molar-refractivity contribution >= 4 is 27.8 Å². The van der Waals surface area contributed by atoms with Crippen LogP contribution in [0.25, 0.3) is 0 Å². The van der Waals surface area contributed by atoms with Crippen molar-refractivity contribution in [1.29, 1.82) is 0 Å². The van der Waals surface area contributed by atoms with Gasteiger partial charge in [0.05, 0.1) is 0 Å². The van der Waals surface area contributed by atoms with Crippen molar-refractivity contribution in [2.75, 3.05) is 7.05 Å². The van der Waals surface area contributed by atoms with E-state index >= 15 is 0 Å². The molecule has 1 amide bonds. The van der Waals surface area contributed by atoms with Crippen LogP contribution in [0.3, 0.4) is 0 Å². The fourth-order valence-electron chi connectivity index (χ4n) is 1.55. The van der Waals surface area contributed by atoms with E-state index in [2.05, 4.69) is 15.9 Å². The van der Waals surface area contributed by atoms with E-state index in [4.69, 9.17) is 4.74 Å². The third-order valence-corrected chi connectivity index (χ3v) is 2.93. The van der Waals surface area contributed by atoms with Crippen LogP contribution in [0, 0.1) is 0 Å². The van der Waals surface area contributed by atoms with Gasteiger partial charge in [0.15, 0.2) is 6.10 Å². The van der Waals surface area contributed by atoms with E-state index < -0.39 is 12.1 Å². The van der Waals surface area contributed by atoms with E-state index in [0.717, 1.165) is 10.0 Å². The molecule has 0 aliphatic heterocycles. The third-order valence-electron chi connectivity index (χ3n) is 2.40. The first kappa shape index (κ1) is 14.7. The predicted molar refractivity (Wildman–Crippen MR) is 71.8 cm³/mol. The Kier molecular flexibility index (Phi) is 5.34. The molecule has 0 radical (unpaired) electrons. The molecule has 0 aliphatic rings. The van der Waals surface area contributed by atoms with Crippen molar-refractivity contribution in [2.45, 2.75) is 26.5 Å². The topological polar surface area (TPSA) is 46.6 Å². The second kappa shape index (κ2) is 6.54. The van der Waals surface area contributed by atoms with Crippen LogP contribution < -0.4 is 0 Å². The van der Waals surface area contributed by atoms with Crippen molar-refractivity contribution < 1.29 is 14.3 Å². The molecule has 1 atom stereocenters. The number of amides is 1. The minimum atomic E-state index is -0.747. The second-order valence-corrected chi connectivity index (χ2v) is 4.99. The molecule has 0 saturated carbocycles. The number of nitrogens with zero attached hydrogens (tertiary/aromatic N) is 1. The lowest BCUT2D eigenvalue weighted by Gasteiger charge is -2.21. The molecule has 4 nitrogen and oxygen atoms in total. The summed E-state index contributed by atoms with van der Waals surface area (Å²) in [4.78, 5) is 24.2. The molecule has 0 heterocycles. The van der Waals surface area contributed by atoms with Gasteiger partial charge in [-0.25, -0.2) is 0 Å². The van der Waals surface area contributed by atoms with Gasteiger partial charge < -0.3 is 9.64 Å². The molecular weight excluding hydrogens is 298 g/mol. The lowest BCUT2D eigenvalue weighted by molar-refractivity contribution is -0.156. The van der Waals surface area contributed by atoms with Crippen LogP contribution in [0.4, 0.5) is 0 Å². The molecule has 1 unspecified atom stereocenters. The van der Waals surface area contributed by atoms with Gasteiger partial charge in [0, 0.05) is 25.0 Å². The zero-order valence-electron chi connectivity index (χ0n) is 10.6. The molecule has 0 aromatic heterocycles. The Labute approximate surface area is 115 Å². The molecule has 98 valence electrons. The molecule has 0 fully saturated rings. The van der Waals surface area contributed by atoms with Gasteiger partial charge in [-0.1, -0.05) is 28.1 Å². The van der Waals surface area contributed by atoms with Gasteiger partial charge in [0.2, 0.25) is 0 Å². The van der Waals surface area contributed by atoms with E-state index in [1.807, 2.05) is 24.3 Å². The minimum Gasteiger partial charge on any atom is -0.453 e. The summed E-state index contributed by atoms with van der Waals surface area (Å²) < 4.78 is 5.85. The Balaban J connectivity index is 2.59. The van der Waals surface area contributed by atoms with Crippen LogP contribution in [0.1, 0.15) is 19.4 Å². The number of esters is 1. The number of hydrogen-bond donors (Lipinski definition) is 0. The number of halogens is 1. The number of hydrogen-bond acceptors (Lipinski definition) is 3. The number of ether oxygens (including phenoxy) is 1. The largest absolute Gasteiger partial charge is 0.453 e. The number of benzene rings is 1. The summed E-state index contributed by atoms with van der Waals surface area (Å²) in [5, 5.41) is 0. The SMILES string of the molecule is CC(=O)OC(C)C(=O)N(C)Cc1ccc(Br)cc1. The maximum absolute atomic E-state index is 11.9. The smallest absolute Gasteiger partial charge is 0.303 e. The van der Waals surface area contributed by atoms with E-state index in [1.54, 1.807) is 14.0 Å². The van der Waals surface area contributed by atoms with Crippen molar-refractivity contribution in [3.8, 4) is 0 Å². The Hall–Kier alpha value is -1.36. The lowest BCUT2D eigenvalue weighted by atomic mass is 10.2. The number of carbonyl (C=O) groups excluding carboxylic acids is 2. The summed E-state index contributed by atoms with van der Waals surface area (Å²) in [6.07, 6.45) is -0.747. The normalized spacial score (nSPS) is 11.8. The fraction of sp³-hybridized carbons (Fsp3) is 0.385. The average Bonchev–Trinajstić information content (AvgIpc) is 2.30. The summed E-state index contributed by atoms with van der Waals surface area (Å²) in [6, 6.07) is 7.71. The van der Waals surface area contributed by atoms with Crippen molar-refractivity contribution in [1.82, 2.24) is 4.90 Å². The van der Waals surface area contributed by atoms with E-state index in [-0.39, 0.29) is 5.91 Å². The first-order valence-corrected chi connectivity index (χ1v) is 6.36. The van der Waals surface area contributed by atoms with Gasteiger partial charge in [-0.05, 0) is 24.6 Å². The van der Waals surface area contributed by atoms with Crippen LogP contribution in [0.2, 0.25) is 0 Å². The van der Waals surface area contributed by atoms with Crippen LogP contribution in [0.5, 0.6) is 0 Å². The first-order valence-electron chi connectivity index (χ1n) is 5.57. The van der Waals surface area contributed by atoms with Crippen LogP contribution in [-0.4, -0.2) is 29.9 Å². The van der Waals surface area contributed by atoms with Gasteiger partial charge in [0.1, 0.15) is 0 Å². The molecule has 0 aliphatic carbocycles. The molecule has 1 aromatic rings. The van der Waals surface area contributed by atoms with Crippen LogP contribution in [-0.2, 0) is 20.9 Å². The summed E-state index contributed by atoms with van der Waals surface area (Å²) in [7, 11) is 1.68. The van der Waals surface area contributed by atoms with Crippen LogP contribution >= 0.6 is 15.9 Å². The van der Waals surface area contributed by atoms with E-state index in [9.17, 15) is 9.59 Å². The highest BCUT2D eigenvalue weighted by Crippen LogP contribution is 2.12. The number of carbonyl (C=O) groups is 2. The van der Waals surface area contributed by atoms with Gasteiger partial charge in [-0.15, -0.1) is 0 Å². The molecule has 1 rings (SSSR count). The lowest BCUT2D eigenvalue weighted by Crippen LogP contribution is -2.36. The van der Waals surface area contributed by atoms with Crippen LogP contribution in [0.15, 0.2) is 28.7 Å². The summed E-state index contributed by atoms with van der Waals surface area (Å²) in [6.45, 7) is 3.35. The molecule has 0 saturated heterocycles. The predicted octanol–water partition coefficient (Wildman–Crippen LogP) is 2.36. The third kappa shape index (κ3) is 4.49. The molecule has 0 spiro atoms. The zero-order valence-corrected chi connectivity index (χ0v) is 12.2. The molecule has 0 bridgehead atoms. The number of rotatable bonds is 4. The van der Waals surface area contributed by atoms with Gasteiger partial charge >= 0.3 is 5.97 Å². The highest BCUT2D eigenvalue weighted by Gasteiger charge is 2.19. The Bertz CT molecular complexity index is 430. The van der Waals surface area contributed by atoms with Crippen molar-refractivity contribution in [3.05, 3.63) is 34.3 Å². The van der Waals surface area contributed by atoms with Crippen molar-refractivity contribution in [2.24, 2.45) is 0 Å². The van der Waals surface area contributed by atoms with Crippen molar-refractivity contribution in [3.63, 3.8) is 0 Å².